The van der Waals surface area contributed by atoms with Gasteiger partial charge in [-0.25, -0.2) is 4.79 Å². The number of methoxy groups -OCH3 is 2. The van der Waals surface area contributed by atoms with Crippen LogP contribution < -0.4 is 15.2 Å². The van der Waals surface area contributed by atoms with E-state index in [1.807, 2.05) is 0 Å². The molecule has 0 amide bonds. The van der Waals surface area contributed by atoms with Crippen LogP contribution >= 0.6 is 0 Å². The van der Waals surface area contributed by atoms with Crippen molar-refractivity contribution in [3.8, 4) is 11.5 Å². The van der Waals surface area contributed by atoms with E-state index >= 15 is 0 Å². The fourth-order valence-corrected chi connectivity index (χ4v) is 1.69. The molecular weight excluding hydrogens is 210 g/mol. The third kappa shape index (κ3) is 1.64. The number of carboxylic acid groups (broad SMARTS) is 1. The van der Waals surface area contributed by atoms with Gasteiger partial charge in [0.05, 0.1) is 14.2 Å². The van der Waals surface area contributed by atoms with Gasteiger partial charge in [-0.1, -0.05) is 0 Å². The van der Waals surface area contributed by atoms with Gasteiger partial charge in [-0.3, -0.25) is 0 Å². The van der Waals surface area contributed by atoms with Crippen molar-refractivity contribution in [1.29, 1.82) is 0 Å². The van der Waals surface area contributed by atoms with Crippen LogP contribution in [0.2, 0.25) is 0 Å². The van der Waals surface area contributed by atoms with E-state index in [1.165, 1.54) is 14.2 Å². The summed E-state index contributed by atoms with van der Waals surface area (Å²) in [6, 6.07) is 0. The van der Waals surface area contributed by atoms with Crippen molar-refractivity contribution in [3.05, 3.63) is 16.7 Å². The lowest BCUT2D eigenvalue weighted by Crippen LogP contribution is -2.09. The minimum Gasteiger partial charge on any atom is -0.492 e. The minimum atomic E-state index is -1.08. The van der Waals surface area contributed by atoms with Gasteiger partial charge < -0.3 is 20.3 Å². The van der Waals surface area contributed by atoms with Gasteiger partial charge in [0.2, 0.25) is 0 Å². The summed E-state index contributed by atoms with van der Waals surface area (Å²) in [5, 5.41) is 9.12. The molecule has 3 N–H and O–H groups in total. The molecule has 1 aromatic rings. The standard InChI is InChI=1S/C11H15NO4/c1-5-7(11(13)14)10(16-4)9(15-3)6(2)8(5)12/h12H2,1-4H3,(H,13,14). The maximum absolute atomic E-state index is 11.1. The van der Waals surface area contributed by atoms with E-state index < -0.39 is 5.97 Å². The molecular formula is C11H15NO4. The van der Waals surface area contributed by atoms with Crippen LogP contribution in [-0.4, -0.2) is 25.3 Å². The molecule has 88 valence electrons. The van der Waals surface area contributed by atoms with Gasteiger partial charge in [-0.2, -0.15) is 0 Å². The lowest BCUT2D eigenvalue weighted by atomic mass is 10.0. The molecule has 5 nitrogen and oxygen atoms in total. The van der Waals surface area contributed by atoms with Crippen molar-refractivity contribution in [2.24, 2.45) is 0 Å². The average molecular weight is 225 g/mol. The van der Waals surface area contributed by atoms with Crippen molar-refractivity contribution in [2.75, 3.05) is 20.0 Å². The second kappa shape index (κ2) is 4.30. The Morgan fingerprint density at radius 1 is 1.12 bits per heavy atom. The van der Waals surface area contributed by atoms with Crippen LogP contribution in [0.15, 0.2) is 0 Å². The summed E-state index contributed by atoms with van der Waals surface area (Å²) in [6.45, 7) is 3.41. The predicted octanol–water partition coefficient (Wildman–Crippen LogP) is 1.60. The van der Waals surface area contributed by atoms with Gasteiger partial charge in [-0.05, 0) is 19.4 Å². The molecule has 0 bridgehead atoms. The first-order valence-electron chi connectivity index (χ1n) is 4.69. The topological polar surface area (TPSA) is 81.8 Å². The summed E-state index contributed by atoms with van der Waals surface area (Å²) in [7, 11) is 2.85. The summed E-state index contributed by atoms with van der Waals surface area (Å²) in [5.74, 6) is -0.512. The molecule has 0 aliphatic carbocycles. The molecule has 1 rings (SSSR count). The molecule has 0 unspecified atom stereocenters. The number of nitrogens with two attached hydrogens (primary N) is 1. The van der Waals surface area contributed by atoms with Crippen molar-refractivity contribution in [3.63, 3.8) is 0 Å². The molecule has 0 radical (unpaired) electrons. The van der Waals surface area contributed by atoms with Gasteiger partial charge in [0, 0.05) is 11.3 Å². The van der Waals surface area contributed by atoms with E-state index in [2.05, 4.69) is 0 Å². The molecule has 0 fully saturated rings. The highest BCUT2D eigenvalue weighted by Crippen LogP contribution is 2.40. The van der Waals surface area contributed by atoms with Crippen molar-refractivity contribution in [1.82, 2.24) is 0 Å². The van der Waals surface area contributed by atoms with Crippen LogP contribution in [0.4, 0.5) is 5.69 Å². The van der Waals surface area contributed by atoms with Crippen LogP contribution in [0.1, 0.15) is 21.5 Å². The van der Waals surface area contributed by atoms with Gasteiger partial charge in [0.25, 0.3) is 0 Å². The first-order chi connectivity index (χ1) is 7.45. The molecule has 0 saturated carbocycles. The zero-order valence-corrected chi connectivity index (χ0v) is 9.75. The van der Waals surface area contributed by atoms with E-state index in [9.17, 15) is 4.79 Å². The van der Waals surface area contributed by atoms with Gasteiger partial charge in [-0.15, -0.1) is 0 Å². The molecule has 16 heavy (non-hydrogen) atoms. The smallest absolute Gasteiger partial charge is 0.339 e. The molecule has 1 aromatic carbocycles. The SMILES string of the molecule is COc1c(C)c(N)c(C)c(C(=O)O)c1OC. The van der Waals surface area contributed by atoms with E-state index in [0.29, 0.717) is 22.6 Å². The second-order valence-electron chi connectivity index (χ2n) is 3.41. The summed E-state index contributed by atoms with van der Waals surface area (Å²) in [4.78, 5) is 11.1. The Morgan fingerprint density at radius 3 is 2.00 bits per heavy atom. The monoisotopic (exact) mass is 225 g/mol. The van der Waals surface area contributed by atoms with E-state index in [0.717, 1.165) is 0 Å². The molecule has 0 aliphatic heterocycles. The predicted molar refractivity (Wildman–Crippen MR) is 60.4 cm³/mol. The fourth-order valence-electron chi connectivity index (χ4n) is 1.69. The Balaban J connectivity index is 3.72. The number of hydrogen-bond donors (Lipinski definition) is 2. The third-order valence-corrected chi connectivity index (χ3v) is 2.58. The highest BCUT2D eigenvalue weighted by Gasteiger charge is 2.23. The quantitative estimate of drug-likeness (QED) is 0.763. The molecule has 0 aliphatic rings. The van der Waals surface area contributed by atoms with E-state index in [-0.39, 0.29) is 11.3 Å². The first-order valence-corrected chi connectivity index (χ1v) is 4.69. The molecule has 0 aromatic heterocycles. The minimum absolute atomic E-state index is 0.0439. The molecule has 0 saturated heterocycles. The normalized spacial score (nSPS) is 10.0. The number of nitrogen functional groups attached to an aromatic ring is 1. The average Bonchev–Trinajstić information content (AvgIpc) is 2.24. The highest BCUT2D eigenvalue weighted by atomic mass is 16.5. The Labute approximate surface area is 93.8 Å². The second-order valence-corrected chi connectivity index (χ2v) is 3.41. The van der Waals surface area contributed by atoms with Crippen LogP contribution in [0, 0.1) is 13.8 Å². The Bertz CT molecular complexity index is 440. The van der Waals surface area contributed by atoms with Crippen LogP contribution in [0.3, 0.4) is 0 Å². The van der Waals surface area contributed by atoms with Gasteiger partial charge in [0.15, 0.2) is 11.5 Å². The zero-order valence-electron chi connectivity index (χ0n) is 9.75. The molecule has 0 heterocycles. The summed E-state index contributed by atoms with van der Waals surface area (Å²) < 4.78 is 10.2. The molecule has 0 atom stereocenters. The highest BCUT2D eigenvalue weighted by molar-refractivity contribution is 5.96. The molecule has 5 heteroatoms. The van der Waals surface area contributed by atoms with E-state index in [4.69, 9.17) is 20.3 Å². The van der Waals surface area contributed by atoms with Crippen molar-refractivity contribution < 1.29 is 19.4 Å². The summed E-state index contributed by atoms with van der Waals surface area (Å²) in [6.07, 6.45) is 0. The zero-order chi connectivity index (χ0) is 12.5. The van der Waals surface area contributed by atoms with Crippen LogP contribution in [0.25, 0.3) is 0 Å². The number of ether oxygens (including phenoxy) is 2. The largest absolute Gasteiger partial charge is 0.492 e. The Hall–Kier alpha value is -1.91. The summed E-state index contributed by atoms with van der Waals surface area (Å²) >= 11 is 0. The third-order valence-electron chi connectivity index (χ3n) is 2.58. The number of aromatic carboxylic acids is 1. The number of carbonyl (C=O) groups is 1. The van der Waals surface area contributed by atoms with Crippen molar-refractivity contribution in [2.45, 2.75) is 13.8 Å². The number of hydrogen-bond acceptors (Lipinski definition) is 4. The molecule has 0 spiro atoms. The lowest BCUT2D eigenvalue weighted by Gasteiger charge is -2.17. The van der Waals surface area contributed by atoms with Crippen molar-refractivity contribution >= 4 is 11.7 Å². The maximum Gasteiger partial charge on any atom is 0.339 e. The lowest BCUT2D eigenvalue weighted by molar-refractivity contribution is 0.0692. The number of anilines is 1. The maximum atomic E-state index is 11.1. The van der Waals surface area contributed by atoms with E-state index in [1.54, 1.807) is 13.8 Å². The van der Waals surface area contributed by atoms with Gasteiger partial charge >= 0.3 is 5.97 Å². The van der Waals surface area contributed by atoms with Crippen LogP contribution in [-0.2, 0) is 0 Å². The number of rotatable bonds is 3. The fraction of sp³-hybridized carbons (Fsp3) is 0.364. The summed E-state index contributed by atoms with van der Waals surface area (Å²) in [5.41, 5.74) is 7.45. The number of carboxylic acids is 1. The Kier molecular flexibility index (Phi) is 3.27. The van der Waals surface area contributed by atoms with Gasteiger partial charge in [0.1, 0.15) is 5.56 Å². The first kappa shape index (κ1) is 12.2. The van der Waals surface area contributed by atoms with Crippen LogP contribution in [0.5, 0.6) is 11.5 Å². The number of benzene rings is 1. The Morgan fingerprint density at radius 2 is 1.62 bits per heavy atom.